The molecule has 0 fully saturated rings. The molecule has 0 saturated carbocycles. The van der Waals surface area contributed by atoms with Gasteiger partial charge in [-0.05, 0) is 18.2 Å². The molecule has 0 atom stereocenters. The van der Waals surface area contributed by atoms with E-state index in [4.69, 9.17) is 5.11 Å². The Morgan fingerprint density at radius 3 is 2.74 bits per heavy atom. The number of nitrogens with one attached hydrogen (secondary N) is 2. The molecule has 0 unspecified atom stereocenters. The molecule has 7 heteroatoms. The van der Waals surface area contributed by atoms with Crippen molar-refractivity contribution in [2.75, 3.05) is 11.9 Å². The van der Waals surface area contributed by atoms with Crippen molar-refractivity contribution in [3.8, 4) is 0 Å². The van der Waals surface area contributed by atoms with Crippen LogP contribution in [0.2, 0.25) is 0 Å². The van der Waals surface area contributed by atoms with Crippen molar-refractivity contribution < 1.29 is 19.5 Å². The minimum Gasteiger partial charge on any atom is -0.478 e. The van der Waals surface area contributed by atoms with Gasteiger partial charge in [-0.15, -0.1) is 0 Å². The van der Waals surface area contributed by atoms with Crippen LogP contribution in [0.3, 0.4) is 0 Å². The average molecular weight is 263 g/mol. The second-order valence-electron chi connectivity index (χ2n) is 3.58. The quantitative estimate of drug-likeness (QED) is 0.660. The largest absolute Gasteiger partial charge is 0.478 e. The molecule has 7 nitrogen and oxygen atoms in total. The van der Waals surface area contributed by atoms with Crippen LogP contribution in [0.1, 0.15) is 12.6 Å². The van der Waals surface area contributed by atoms with Gasteiger partial charge in [0.2, 0.25) is 11.8 Å². The number of amides is 2. The van der Waals surface area contributed by atoms with Gasteiger partial charge in [0.1, 0.15) is 5.82 Å². The van der Waals surface area contributed by atoms with Crippen molar-refractivity contribution in [3.63, 3.8) is 0 Å². The topological polar surface area (TPSA) is 108 Å². The van der Waals surface area contributed by atoms with Crippen LogP contribution in [-0.2, 0) is 14.4 Å². The normalized spacial score (nSPS) is 10.2. The number of anilines is 1. The highest BCUT2D eigenvalue weighted by Crippen LogP contribution is 2.06. The first-order valence-electron chi connectivity index (χ1n) is 5.40. The predicted octanol–water partition coefficient (Wildman–Crippen LogP) is 0.254. The molecule has 1 aromatic heterocycles. The smallest absolute Gasteiger partial charge is 0.328 e. The number of rotatable bonds is 5. The van der Waals surface area contributed by atoms with E-state index in [1.165, 1.54) is 13.0 Å². The lowest BCUT2D eigenvalue weighted by atomic mass is 10.3. The Bertz CT molecular complexity index is 525. The summed E-state index contributed by atoms with van der Waals surface area (Å²) in [4.78, 5) is 36.4. The number of nitrogens with zero attached hydrogens (tertiary/aromatic N) is 1. The van der Waals surface area contributed by atoms with E-state index in [1.807, 2.05) is 0 Å². The first-order chi connectivity index (χ1) is 8.97. The fourth-order valence-electron chi connectivity index (χ4n) is 1.16. The number of hydrogen-bond acceptors (Lipinski definition) is 4. The minimum atomic E-state index is -1.08. The molecule has 0 saturated heterocycles. The van der Waals surface area contributed by atoms with Gasteiger partial charge in [0.25, 0.3) is 0 Å². The summed E-state index contributed by atoms with van der Waals surface area (Å²) in [6, 6.07) is 4.79. The molecule has 19 heavy (non-hydrogen) atoms. The van der Waals surface area contributed by atoms with Gasteiger partial charge in [-0.1, -0.05) is 6.07 Å². The van der Waals surface area contributed by atoms with E-state index < -0.39 is 11.9 Å². The number of aromatic nitrogens is 1. The van der Waals surface area contributed by atoms with Crippen LogP contribution in [-0.4, -0.2) is 34.4 Å². The van der Waals surface area contributed by atoms with Crippen LogP contribution in [0.5, 0.6) is 0 Å². The van der Waals surface area contributed by atoms with Gasteiger partial charge < -0.3 is 15.7 Å². The van der Waals surface area contributed by atoms with Crippen molar-refractivity contribution >= 4 is 29.7 Å². The van der Waals surface area contributed by atoms with Gasteiger partial charge >= 0.3 is 5.97 Å². The van der Waals surface area contributed by atoms with Crippen LogP contribution < -0.4 is 10.6 Å². The average Bonchev–Trinajstić information content (AvgIpc) is 2.34. The molecule has 0 aliphatic rings. The lowest BCUT2D eigenvalue weighted by Crippen LogP contribution is -2.31. The lowest BCUT2D eigenvalue weighted by molar-refractivity contribution is -0.131. The number of carbonyl (C=O) groups is 3. The van der Waals surface area contributed by atoms with E-state index in [1.54, 1.807) is 18.2 Å². The molecule has 0 bridgehead atoms. The van der Waals surface area contributed by atoms with E-state index in [0.29, 0.717) is 5.69 Å². The Kier molecular flexibility index (Phi) is 5.21. The number of carboxylic acid groups (broad SMARTS) is 1. The van der Waals surface area contributed by atoms with Crippen molar-refractivity contribution in [1.29, 1.82) is 0 Å². The van der Waals surface area contributed by atoms with E-state index in [9.17, 15) is 14.4 Å². The highest BCUT2D eigenvalue weighted by atomic mass is 16.4. The summed E-state index contributed by atoms with van der Waals surface area (Å²) in [5.74, 6) is -1.52. The summed E-state index contributed by atoms with van der Waals surface area (Å²) >= 11 is 0. The zero-order chi connectivity index (χ0) is 14.3. The van der Waals surface area contributed by atoms with E-state index >= 15 is 0 Å². The van der Waals surface area contributed by atoms with Crippen molar-refractivity contribution in [3.05, 3.63) is 30.0 Å². The maximum absolute atomic E-state index is 11.4. The third kappa shape index (κ3) is 5.97. The van der Waals surface area contributed by atoms with Crippen LogP contribution in [0, 0.1) is 0 Å². The molecule has 0 aromatic carbocycles. The summed E-state index contributed by atoms with van der Waals surface area (Å²) in [6.45, 7) is 1.16. The van der Waals surface area contributed by atoms with Crippen molar-refractivity contribution in [2.45, 2.75) is 6.92 Å². The Morgan fingerprint density at radius 2 is 2.11 bits per heavy atom. The van der Waals surface area contributed by atoms with Crippen molar-refractivity contribution in [2.24, 2.45) is 0 Å². The summed E-state index contributed by atoms with van der Waals surface area (Å²) in [6.07, 6.45) is 2.26. The van der Waals surface area contributed by atoms with Crippen LogP contribution in [0.4, 0.5) is 5.82 Å². The number of carboxylic acids is 1. The summed E-state index contributed by atoms with van der Waals surface area (Å²) in [7, 11) is 0. The van der Waals surface area contributed by atoms with Gasteiger partial charge in [-0.2, -0.15) is 0 Å². The lowest BCUT2D eigenvalue weighted by Gasteiger charge is -2.05. The molecular weight excluding hydrogens is 250 g/mol. The first kappa shape index (κ1) is 14.4. The van der Waals surface area contributed by atoms with Gasteiger partial charge in [-0.25, -0.2) is 9.78 Å². The second-order valence-corrected chi connectivity index (χ2v) is 3.58. The van der Waals surface area contributed by atoms with Gasteiger partial charge in [0.05, 0.1) is 12.2 Å². The van der Waals surface area contributed by atoms with E-state index in [-0.39, 0.29) is 18.3 Å². The standard InChI is InChI=1S/C12H13N3O4/c1-8(16)13-7-11(17)15-10-4-2-3-9(14-10)5-6-12(18)19/h2-6H,7H2,1H3,(H,13,16)(H,18,19)(H,14,15,17). The third-order valence-electron chi connectivity index (χ3n) is 1.93. The van der Waals surface area contributed by atoms with Gasteiger partial charge in [0.15, 0.2) is 0 Å². The van der Waals surface area contributed by atoms with Crippen molar-refractivity contribution in [1.82, 2.24) is 10.3 Å². The summed E-state index contributed by atoms with van der Waals surface area (Å²) < 4.78 is 0. The van der Waals surface area contributed by atoms with Gasteiger partial charge in [-0.3, -0.25) is 9.59 Å². The fraction of sp³-hybridized carbons (Fsp3) is 0.167. The molecule has 0 spiro atoms. The van der Waals surface area contributed by atoms with Crippen LogP contribution >= 0.6 is 0 Å². The van der Waals surface area contributed by atoms with E-state index in [2.05, 4.69) is 15.6 Å². The SMILES string of the molecule is CC(=O)NCC(=O)Nc1cccc(C=CC(=O)O)n1. The fourth-order valence-corrected chi connectivity index (χ4v) is 1.16. The predicted molar refractivity (Wildman–Crippen MR) is 68.2 cm³/mol. The van der Waals surface area contributed by atoms with E-state index in [0.717, 1.165) is 6.08 Å². The highest BCUT2D eigenvalue weighted by molar-refractivity contribution is 5.93. The molecule has 0 aliphatic carbocycles. The summed E-state index contributed by atoms with van der Waals surface area (Å²) in [5.41, 5.74) is 0.403. The Hall–Kier alpha value is -2.70. The molecular formula is C12H13N3O4. The summed E-state index contributed by atoms with van der Waals surface area (Å²) in [5, 5.41) is 13.3. The highest BCUT2D eigenvalue weighted by Gasteiger charge is 2.04. The number of pyridine rings is 1. The minimum absolute atomic E-state index is 0.147. The number of aliphatic carboxylic acids is 1. The molecule has 1 heterocycles. The zero-order valence-electron chi connectivity index (χ0n) is 10.2. The van der Waals surface area contributed by atoms with Crippen LogP contribution in [0.15, 0.2) is 24.3 Å². The first-order valence-corrected chi connectivity index (χ1v) is 5.40. The Morgan fingerprint density at radius 1 is 1.37 bits per heavy atom. The molecule has 2 amide bonds. The number of carbonyl (C=O) groups excluding carboxylic acids is 2. The monoisotopic (exact) mass is 263 g/mol. The third-order valence-corrected chi connectivity index (χ3v) is 1.93. The Balaban J connectivity index is 2.64. The maximum atomic E-state index is 11.4. The zero-order valence-corrected chi connectivity index (χ0v) is 10.2. The second kappa shape index (κ2) is 6.90. The molecule has 1 aromatic rings. The molecule has 3 N–H and O–H groups in total. The van der Waals surface area contributed by atoms with Gasteiger partial charge in [0, 0.05) is 13.0 Å². The molecule has 100 valence electrons. The Labute approximate surface area is 109 Å². The molecule has 0 aliphatic heterocycles. The maximum Gasteiger partial charge on any atom is 0.328 e. The molecule has 1 rings (SSSR count). The number of hydrogen-bond donors (Lipinski definition) is 3. The molecule has 0 radical (unpaired) electrons. The van der Waals surface area contributed by atoms with Crippen LogP contribution in [0.25, 0.3) is 6.08 Å².